The van der Waals surface area contributed by atoms with Gasteiger partial charge in [-0.1, -0.05) is 30.3 Å². The lowest BCUT2D eigenvalue weighted by atomic mass is 10.1. The summed E-state index contributed by atoms with van der Waals surface area (Å²) in [4.78, 5) is 16.8. The maximum atomic E-state index is 12.6. The first-order valence-electron chi connectivity index (χ1n) is 8.13. The molecule has 2 unspecified atom stereocenters. The molecule has 5 nitrogen and oxygen atoms in total. The lowest BCUT2D eigenvalue weighted by Crippen LogP contribution is -2.50. The second-order valence-corrected chi connectivity index (χ2v) is 6.25. The summed E-state index contributed by atoms with van der Waals surface area (Å²) < 4.78 is 5.72. The van der Waals surface area contributed by atoms with E-state index in [1.807, 2.05) is 11.0 Å². The van der Waals surface area contributed by atoms with Crippen LogP contribution in [-0.4, -0.2) is 61.1 Å². The quantitative estimate of drug-likeness (QED) is 0.889. The normalized spacial score (nSPS) is 26.3. The third-order valence-corrected chi connectivity index (χ3v) is 4.61. The highest BCUT2D eigenvalue weighted by Crippen LogP contribution is 2.18. The maximum absolute atomic E-state index is 12.6. The van der Waals surface area contributed by atoms with E-state index >= 15 is 0 Å². The Hall–Kier alpha value is -1.43. The molecule has 2 aliphatic heterocycles. The van der Waals surface area contributed by atoms with Crippen molar-refractivity contribution in [2.24, 2.45) is 11.7 Å². The van der Waals surface area contributed by atoms with Crippen LogP contribution in [0.4, 0.5) is 0 Å². The minimum Gasteiger partial charge on any atom is -0.366 e. The molecule has 3 rings (SSSR count). The Morgan fingerprint density at radius 3 is 2.77 bits per heavy atom. The van der Waals surface area contributed by atoms with E-state index in [2.05, 4.69) is 29.2 Å². The van der Waals surface area contributed by atoms with E-state index in [1.54, 1.807) is 0 Å². The zero-order valence-corrected chi connectivity index (χ0v) is 13.0. The Balaban J connectivity index is 1.55. The molecule has 5 heteroatoms. The molecule has 2 heterocycles. The summed E-state index contributed by atoms with van der Waals surface area (Å²) in [5.41, 5.74) is 6.98. The number of hydrogen-bond donors (Lipinski definition) is 1. The van der Waals surface area contributed by atoms with Gasteiger partial charge in [0, 0.05) is 32.7 Å². The van der Waals surface area contributed by atoms with Crippen molar-refractivity contribution in [1.29, 1.82) is 0 Å². The molecule has 1 amide bonds. The van der Waals surface area contributed by atoms with Crippen molar-refractivity contribution in [2.75, 3.05) is 39.3 Å². The van der Waals surface area contributed by atoms with Crippen LogP contribution in [0.1, 0.15) is 12.0 Å². The molecule has 2 aliphatic rings. The predicted octanol–water partition coefficient (Wildman–Crippen LogP) is 0.695. The summed E-state index contributed by atoms with van der Waals surface area (Å²) in [6.45, 7) is 5.32. The zero-order valence-electron chi connectivity index (χ0n) is 13.0. The first-order chi connectivity index (χ1) is 10.8. The first kappa shape index (κ1) is 15.5. The monoisotopic (exact) mass is 303 g/mol. The molecule has 2 N–H and O–H groups in total. The molecule has 22 heavy (non-hydrogen) atoms. The van der Waals surface area contributed by atoms with Crippen molar-refractivity contribution < 1.29 is 9.53 Å². The average molecular weight is 303 g/mol. The summed E-state index contributed by atoms with van der Waals surface area (Å²) in [7, 11) is 0. The van der Waals surface area contributed by atoms with Gasteiger partial charge in [-0.15, -0.1) is 0 Å². The molecule has 2 atom stereocenters. The molecule has 2 saturated heterocycles. The van der Waals surface area contributed by atoms with Gasteiger partial charge in [0.1, 0.15) is 6.10 Å². The highest BCUT2D eigenvalue weighted by atomic mass is 16.5. The van der Waals surface area contributed by atoms with Crippen LogP contribution < -0.4 is 5.73 Å². The van der Waals surface area contributed by atoms with Crippen LogP contribution in [0.5, 0.6) is 0 Å². The SMILES string of the molecule is NCC1CCN(C(=O)C2CN(Cc3ccccc3)CCO2)C1. The smallest absolute Gasteiger partial charge is 0.253 e. The lowest BCUT2D eigenvalue weighted by molar-refractivity contribution is -0.148. The van der Waals surface area contributed by atoms with Gasteiger partial charge in [0.15, 0.2) is 0 Å². The Bertz CT molecular complexity index is 494. The highest BCUT2D eigenvalue weighted by molar-refractivity contribution is 5.81. The maximum Gasteiger partial charge on any atom is 0.253 e. The van der Waals surface area contributed by atoms with Crippen LogP contribution in [0, 0.1) is 5.92 Å². The van der Waals surface area contributed by atoms with Gasteiger partial charge in [-0.2, -0.15) is 0 Å². The highest BCUT2D eigenvalue weighted by Gasteiger charge is 2.33. The number of carbonyl (C=O) groups is 1. The molecule has 1 aromatic carbocycles. The average Bonchev–Trinajstić information content (AvgIpc) is 3.04. The van der Waals surface area contributed by atoms with Gasteiger partial charge in [-0.3, -0.25) is 9.69 Å². The second kappa shape index (κ2) is 7.22. The van der Waals surface area contributed by atoms with Crippen molar-refractivity contribution in [1.82, 2.24) is 9.80 Å². The number of benzene rings is 1. The third kappa shape index (κ3) is 3.66. The number of rotatable bonds is 4. The summed E-state index contributed by atoms with van der Waals surface area (Å²) in [5.74, 6) is 0.585. The van der Waals surface area contributed by atoms with Gasteiger partial charge in [0.05, 0.1) is 6.61 Å². The summed E-state index contributed by atoms with van der Waals surface area (Å²) >= 11 is 0. The minimum absolute atomic E-state index is 0.133. The first-order valence-corrected chi connectivity index (χ1v) is 8.13. The molecule has 0 saturated carbocycles. The van der Waals surface area contributed by atoms with E-state index in [1.165, 1.54) is 5.56 Å². The topological polar surface area (TPSA) is 58.8 Å². The number of carbonyl (C=O) groups excluding carboxylic acids is 1. The fourth-order valence-corrected chi connectivity index (χ4v) is 3.27. The minimum atomic E-state index is -0.325. The van der Waals surface area contributed by atoms with Gasteiger partial charge in [0.25, 0.3) is 5.91 Å². The Morgan fingerprint density at radius 2 is 2.05 bits per heavy atom. The van der Waals surface area contributed by atoms with Crippen molar-refractivity contribution in [3.63, 3.8) is 0 Å². The summed E-state index contributed by atoms with van der Waals surface area (Å²) in [5, 5.41) is 0. The number of morpholine rings is 1. The number of ether oxygens (including phenoxy) is 1. The van der Waals surface area contributed by atoms with Crippen molar-refractivity contribution >= 4 is 5.91 Å². The lowest BCUT2D eigenvalue weighted by Gasteiger charge is -2.34. The van der Waals surface area contributed by atoms with Gasteiger partial charge in [0.2, 0.25) is 0 Å². The van der Waals surface area contributed by atoms with E-state index in [9.17, 15) is 4.79 Å². The predicted molar refractivity (Wildman–Crippen MR) is 85.2 cm³/mol. The number of hydrogen-bond acceptors (Lipinski definition) is 4. The summed E-state index contributed by atoms with van der Waals surface area (Å²) in [6, 6.07) is 10.4. The third-order valence-electron chi connectivity index (χ3n) is 4.61. The Morgan fingerprint density at radius 1 is 1.23 bits per heavy atom. The van der Waals surface area contributed by atoms with Gasteiger partial charge >= 0.3 is 0 Å². The molecule has 2 fully saturated rings. The fraction of sp³-hybridized carbons (Fsp3) is 0.588. The fourth-order valence-electron chi connectivity index (χ4n) is 3.27. The van der Waals surface area contributed by atoms with Crippen LogP contribution in [0.15, 0.2) is 30.3 Å². The zero-order chi connectivity index (χ0) is 15.4. The molecule has 0 bridgehead atoms. The largest absolute Gasteiger partial charge is 0.366 e. The molecule has 0 aromatic heterocycles. The van der Waals surface area contributed by atoms with Crippen LogP contribution in [0.2, 0.25) is 0 Å². The van der Waals surface area contributed by atoms with Crippen molar-refractivity contribution in [2.45, 2.75) is 19.1 Å². The van der Waals surface area contributed by atoms with Crippen molar-refractivity contribution in [3.05, 3.63) is 35.9 Å². The van der Waals surface area contributed by atoms with E-state index in [0.29, 0.717) is 25.6 Å². The van der Waals surface area contributed by atoms with E-state index < -0.39 is 0 Å². The second-order valence-electron chi connectivity index (χ2n) is 6.25. The number of likely N-dealkylation sites (tertiary alicyclic amines) is 1. The van der Waals surface area contributed by atoms with E-state index in [-0.39, 0.29) is 12.0 Å². The molecular weight excluding hydrogens is 278 g/mol. The number of nitrogens with two attached hydrogens (primary N) is 1. The number of amides is 1. The Kier molecular flexibility index (Phi) is 5.08. The van der Waals surface area contributed by atoms with E-state index in [4.69, 9.17) is 10.5 Å². The molecule has 1 aromatic rings. The summed E-state index contributed by atoms with van der Waals surface area (Å²) in [6.07, 6.45) is 0.692. The number of nitrogens with zero attached hydrogens (tertiary/aromatic N) is 2. The van der Waals surface area contributed by atoms with Crippen LogP contribution in [0.3, 0.4) is 0 Å². The van der Waals surface area contributed by atoms with Crippen LogP contribution in [0.25, 0.3) is 0 Å². The molecule has 0 spiro atoms. The van der Waals surface area contributed by atoms with Crippen molar-refractivity contribution in [3.8, 4) is 0 Å². The van der Waals surface area contributed by atoms with E-state index in [0.717, 1.165) is 32.6 Å². The standard InChI is InChI=1S/C17H25N3O2/c18-10-15-6-7-20(12-15)17(21)16-13-19(8-9-22-16)11-14-4-2-1-3-5-14/h1-5,15-16H,6-13,18H2. The van der Waals surface area contributed by atoms with Gasteiger partial charge < -0.3 is 15.4 Å². The molecule has 0 aliphatic carbocycles. The molecule has 0 radical (unpaired) electrons. The van der Waals surface area contributed by atoms with Crippen LogP contribution >= 0.6 is 0 Å². The Labute approximate surface area is 132 Å². The molecular formula is C17H25N3O2. The molecule has 120 valence electrons. The van der Waals surface area contributed by atoms with Crippen LogP contribution in [-0.2, 0) is 16.1 Å². The van der Waals surface area contributed by atoms with Gasteiger partial charge in [-0.25, -0.2) is 0 Å². The van der Waals surface area contributed by atoms with Gasteiger partial charge in [-0.05, 0) is 24.4 Å².